The summed E-state index contributed by atoms with van der Waals surface area (Å²) in [6.07, 6.45) is 6.35. The Kier molecular flexibility index (Phi) is 10.1. The molecule has 2 N–H and O–H groups in total. The van der Waals surface area contributed by atoms with E-state index in [2.05, 4.69) is 17.1 Å². The minimum Gasteiger partial charge on any atom is -0.507 e. The number of unbranched alkanes of at least 4 members (excludes halogenated alkanes) is 2. The molecule has 0 bridgehead atoms. The third kappa shape index (κ3) is 7.22. The lowest BCUT2D eigenvalue weighted by Crippen LogP contribution is -2.36. The van der Waals surface area contributed by atoms with Crippen LogP contribution < -0.4 is 5.32 Å². The SMILES string of the molecule is CCCCCOC(=O)c1ccc(NC(=O)CN2CCCCC2)cc1O.Cl. The standard InChI is InChI=1S/C19H28N2O4.ClH/c1-2-3-7-12-25-19(24)16-9-8-15(13-17(16)22)20-18(23)14-21-10-5-4-6-11-21;/h8-9,13,22H,2-7,10-12,14H2,1H3,(H,20,23);1H. The summed E-state index contributed by atoms with van der Waals surface area (Å²) >= 11 is 0. The number of likely N-dealkylation sites (tertiary alicyclic amines) is 1. The van der Waals surface area contributed by atoms with Gasteiger partial charge in [0.2, 0.25) is 5.91 Å². The quantitative estimate of drug-likeness (QED) is 0.529. The molecule has 0 aliphatic carbocycles. The Labute approximate surface area is 161 Å². The molecule has 0 atom stereocenters. The van der Waals surface area contributed by atoms with Crippen molar-refractivity contribution >= 4 is 30.0 Å². The average Bonchev–Trinajstić information content (AvgIpc) is 2.59. The molecule has 26 heavy (non-hydrogen) atoms. The van der Waals surface area contributed by atoms with Gasteiger partial charge < -0.3 is 15.2 Å². The predicted octanol–water partition coefficient (Wildman–Crippen LogP) is 3.59. The smallest absolute Gasteiger partial charge is 0.341 e. The molecule has 1 saturated heterocycles. The topological polar surface area (TPSA) is 78.9 Å². The van der Waals surface area contributed by atoms with E-state index in [1.807, 2.05) is 0 Å². The van der Waals surface area contributed by atoms with Crippen LogP contribution in [0.4, 0.5) is 5.69 Å². The molecule has 0 aromatic heterocycles. The largest absolute Gasteiger partial charge is 0.507 e. The minimum absolute atomic E-state index is 0. The van der Waals surface area contributed by atoms with Crippen LogP contribution in [0, 0.1) is 0 Å². The Hall–Kier alpha value is -1.79. The van der Waals surface area contributed by atoms with E-state index in [1.165, 1.54) is 18.6 Å². The Balaban J connectivity index is 0.00000338. The van der Waals surface area contributed by atoms with Crippen molar-refractivity contribution in [2.24, 2.45) is 0 Å². The van der Waals surface area contributed by atoms with Crippen molar-refractivity contribution in [3.63, 3.8) is 0 Å². The number of rotatable bonds is 8. The molecule has 1 fully saturated rings. The summed E-state index contributed by atoms with van der Waals surface area (Å²) < 4.78 is 5.14. The maximum atomic E-state index is 12.1. The highest BCUT2D eigenvalue weighted by Crippen LogP contribution is 2.23. The summed E-state index contributed by atoms with van der Waals surface area (Å²) in [4.78, 5) is 26.2. The lowest BCUT2D eigenvalue weighted by atomic mass is 10.1. The number of nitrogens with one attached hydrogen (secondary N) is 1. The van der Waals surface area contributed by atoms with Gasteiger partial charge in [0.25, 0.3) is 0 Å². The predicted molar refractivity (Wildman–Crippen MR) is 104 cm³/mol. The van der Waals surface area contributed by atoms with E-state index in [0.29, 0.717) is 18.8 Å². The summed E-state index contributed by atoms with van der Waals surface area (Å²) in [5, 5.41) is 12.8. The third-order valence-corrected chi connectivity index (χ3v) is 4.30. The van der Waals surface area contributed by atoms with E-state index in [9.17, 15) is 14.7 Å². The van der Waals surface area contributed by atoms with E-state index in [4.69, 9.17) is 4.74 Å². The summed E-state index contributed by atoms with van der Waals surface area (Å²) in [6, 6.07) is 4.47. The fourth-order valence-electron chi connectivity index (χ4n) is 2.90. The zero-order chi connectivity index (χ0) is 18.1. The first-order valence-corrected chi connectivity index (χ1v) is 9.12. The summed E-state index contributed by atoms with van der Waals surface area (Å²) in [5.74, 6) is -0.841. The van der Waals surface area contributed by atoms with Gasteiger partial charge in [-0.2, -0.15) is 0 Å². The number of halogens is 1. The van der Waals surface area contributed by atoms with E-state index < -0.39 is 5.97 Å². The van der Waals surface area contributed by atoms with Crippen molar-refractivity contribution in [3.8, 4) is 5.75 Å². The van der Waals surface area contributed by atoms with Crippen molar-refractivity contribution in [2.75, 3.05) is 31.6 Å². The summed E-state index contributed by atoms with van der Waals surface area (Å²) in [5.41, 5.74) is 0.590. The first-order chi connectivity index (χ1) is 12.1. The number of carbonyl (C=O) groups is 2. The maximum absolute atomic E-state index is 12.1. The Bertz CT molecular complexity index is 589. The molecule has 1 amide bonds. The van der Waals surface area contributed by atoms with Crippen LogP contribution >= 0.6 is 12.4 Å². The number of phenolic OH excluding ortho intramolecular Hbond substituents is 1. The Morgan fingerprint density at radius 1 is 1.19 bits per heavy atom. The number of esters is 1. The number of piperidine rings is 1. The highest BCUT2D eigenvalue weighted by atomic mass is 35.5. The number of carbonyl (C=O) groups excluding carboxylic acids is 2. The Morgan fingerprint density at radius 2 is 1.92 bits per heavy atom. The third-order valence-electron chi connectivity index (χ3n) is 4.30. The van der Waals surface area contributed by atoms with Gasteiger partial charge in [-0.05, 0) is 44.5 Å². The molecule has 0 saturated carbocycles. The van der Waals surface area contributed by atoms with Crippen molar-refractivity contribution < 1.29 is 19.4 Å². The van der Waals surface area contributed by atoms with Gasteiger partial charge in [-0.3, -0.25) is 9.69 Å². The number of anilines is 1. The highest BCUT2D eigenvalue weighted by Gasteiger charge is 2.16. The molecule has 6 nitrogen and oxygen atoms in total. The first-order valence-electron chi connectivity index (χ1n) is 9.12. The van der Waals surface area contributed by atoms with Gasteiger partial charge in [-0.15, -0.1) is 12.4 Å². The lowest BCUT2D eigenvalue weighted by molar-refractivity contribution is -0.117. The summed E-state index contributed by atoms with van der Waals surface area (Å²) in [7, 11) is 0. The molecule has 1 aliphatic rings. The second-order valence-corrected chi connectivity index (χ2v) is 6.46. The molecule has 0 spiro atoms. The van der Waals surface area contributed by atoms with Crippen LogP contribution in [0.2, 0.25) is 0 Å². The monoisotopic (exact) mass is 384 g/mol. The van der Waals surface area contributed by atoms with Crippen LogP contribution in [0.3, 0.4) is 0 Å². The van der Waals surface area contributed by atoms with E-state index in [1.54, 1.807) is 6.07 Å². The second-order valence-electron chi connectivity index (χ2n) is 6.46. The van der Waals surface area contributed by atoms with Crippen LogP contribution in [0.15, 0.2) is 18.2 Å². The maximum Gasteiger partial charge on any atom is 0.341 e. The van der Waals surface area contributed by atoms with Gasteiger partial charge in [-0.1, -0.05) is 26.2 Å². The highest BCUT2D eigenvalue weighted by molar-refractivity contribution is 5.95. The molecule has 7 heteroatoms. The van der Waals surface area contributed by atoms with Crippen molar-refractivity contribution in [3.05, 3.63) is 23.8 Å². The number of phenols is 1. The molecule has 1 aromatic rings. The van der Waals surface area contributed by atoms with Crippen LogP contribution in [0.1, 0.15) is 55.8 Å². The first kappa shape index (κ1) is 22.3. The van der Waals surface area contributed by atoms with Crippen LogP contribution in [0.25, 0.3) is 0 Å². The number of aromatic hydroxyl groups is 1. The fraction of sp³-hybridized carbons (Fsp3) is 0.579. The van der Waals surface area contributed by atoms with E-state index in [-0.39, 0.29) is 29.6 Å². The summed E-state index contributed by atoms with van der Waals surface area (Å²) in [6.45, 7) is 4.66. The minimum atomic E-state index is -0.542. The zero-order valence-corrected chi connectivity index (χ0v) is 16.1. The molecule has 1 heterocycles. The molecular weight excluding hydrogens is 356 g/mol. The van der Waals surface area contributed by atoms with Gasteiger partial charge in [0.1, 0.15) is 11.3 Å². The van der Waals surface area contributed by atoms with Crippen LogP contribution in [-0.2, 0) is 9.53 Å². The zero-order valence-electron chi connectivity index (χ0n) is 15.3. The number of amides is 1. The van der Waals surface area contributed by atoms with Gasteiger partial charge >= 0.3 is 5.97 Å². The van der Waals surface area contributed by atoms with Crippen molar-refractivity contribution in [2.45, 2.75) is 45.4 Å². The van der Waals surface area contributed by atoms with Crippen LogP contribution in [0.5, 0.6) is 5.75 Å². The molecule has 1 aromatic carbocycles. The number of hydrogen-bond donors (Lipinski definition) is 2. The Morgan fingerprint density at radius 3 is 2.58 bits per heavy atom. The molecule has 2 rings (SSSR count). The van der Waals surface area contributed by atoms with Gasteiger partial charge in [0, 0.05) is 11.8 Å². The van der Waals surface area contributed by atoms with Crippen molar-refractivity contribution in [1.82, 2.24) is 4.90 Å². The van der Waals surface area contributed by atoms with E-state index in [0.717, 1.165) is 45.2 Å². The second kappa shape index (κ2) is 11.8. The fourth-order valence-corrected chi connectivity index (χ4v) is 2.90. The molecule has 0 radical (unpaired) electrons. The van der Waals surface area contributed by atoms with E-state index >= 15 is 0 Å². The number of hydrogen-bond acceptors (Lipinski definition) is 5. The molecular formula is C19H29ClN2O4. The number of ether oxygens (including phenoxy) is 1. The normalized spacial score (nSPS) is 14.3. The van der Waals surface area contributed by atoms with Crippen molar-refractivity contribution in [1.29, 1.82) is 0 Å². The lowest BCUT2D eigenvalue weighted by Gasteiger charge is -2.25. The molecule has 1 aliphatic heterocycles. The van der Waals surface area contributed by atoms with Gasteiger partial charge in [0.15, 0.2) is 0 Å². The van der Waals surface area contributed by atoms with Gasteiger partial charge in [-0.25, -0.2) is 4.79 Å². The molecule has 0 unspecified atom stereocenters. The number of benzene rings is 1. The average molecular weight is 385 g/mol. The number of nitrogens with zero attached hydrogens (tertiary/aromatic N) is 1. The van der Waals surface area contributed by atoms with Gasteiger partial charge in [0.05, 0.1) is 13.2 Å². The molecule has 146 valence electrons. The van der Waals surface area contributed by atoms with Crippen LogP contribution in [-0.4, -0.2) is 48.1 Å².